The summed E-state index contributed by atoms with van der Waals surface area (Å²) in [6, 6.07) is 34.1. The van der Waals surface area contributed by atoms with E-state index in [-0.39, 0.29) is 11.7 Å². The molecule has 0 saturated carbocycles. The van der Waals surface area contributed by atoms with Crippen LogP contribution in [-0.2, 0) is 0 Å². The van der Waals surface area contributed by atoms with Crippen molar-refractivity contribution in [1.29, 1.82) is 0 Å². The average Bonchev–Trinajstić information content (AvgIpc) is 3.18. The zero-order chi connectivity index (χ0) is 24.7. The van der Waals surface area contributed by atoms with Crippen LogP contribution in [0.4, 0.5) is 5.69 Å². The summed E-state index contributed by atoms with van der Waals surface area (Å²) >= 11 is 11.8. The summed E-state index contributed by atoms with van der Waals surface area (Å²) in [6.07, 6.45) is 0.637. The summed E-state index contributed by atoms with van der Waals surface area (Å²) in [4.78, 5) is 15.8. The SMILES string of the molecule is O=C1c2ccccc2SCC[C@@]12[C@H](c1ccc(Br)cc1)C(c1ccccc1)=NN2c1cccc(Cl)c1. The minimum Gasteiger partial charge on any atom is -0.291 e. The van der Waals surface area contributed by atoms with Gasteiger partial charge in [0.1, 0.15) is 5.54 Å². The van der Waals surface area contributed by atoms with Crippen LogP contribution in [0, 0.1) is 0 Å². The molecular formula is C30H22BrClN2OS. The lowest BCUT2D eigenvalue weighted by Gasteiger charge is -2.40. The molecule has 2 heterocycles. The Balaban J connectivity index is 1.65. The van der Waals surface area contributed by atoms with Crippen molar-refractivity contribution in [3.63, 3.8) is 0 Å². The highest BCUT2D eigenvalue weighted by molar-refractivity contribution is 9.10. The molecular weight excluding hydrogens is 552 g/mol. The summed E-state index contributed by atoms with van der Waals surface area (Å²) in [7, 11) is 0. The molecule has 0 aromatic heterocycles. The third-order valence-corrected chi connectivity index (χ3v) is 8.77. The molecule has 0 bridgehead atoms. The fraction of sp³-hybridized carbons (Fsp3) is 0.133. The maximum atomic E-state index is 14.8. The van der Waals surface area contributed by atoms with Crippen LogP contribution in [0.5, 0.6) is 0 Å². The number of nitrogens with zero attached hydrogens (tertiary/aromatic N) is 2. The number of fused-ring (bicyclic) bond motifs is 1. The minimum absolute atomic E-state index is 0.0886. The van der Waals surface area contributed by atoms with Gasteiger partial charge in [-0.3, -0.25) is 9.80 Å². The van der Waals surface area contributed by atoms with Crippen LogP contribution in [0.25, 0.3) is 0 Å². The Morgan fingerprint density at radius 3 is 2.44 bits per heavy atom. The number of carbonyl (C=O) groups is 1. The number of Topliss-reactive ketones (excluding diaryl/α,β-unsaturated/α-hetero) is 1. The first-order chi connectivity index (χ1) is 17.6. The standard InChI is InChI=1S/C30H22BrClN2OS/c31-22-15-13-20(14-16-22)27-28(21-7-2-1-3-8-21)33-34(24-10-6-9-23(32)19-24)30(27)17-18-36-26-12-5-4-11-25(26)29(30)35/h1-16,19,27H,17-18H2/t27-,30-/m1/s1. The maximum Gasteiger partial charge on any atom is 0.192 e. The zero-order valence-corrected chi connectivity index (χ0v) is 22.4. The predicted octanol–water partition coefficient (Wildman–Crippen LogP) is 8.23. The molecule has 2 aliphatic rings. The number of hydrogen-bond acceptors (Lipinski definition) is 4. The van der Waals surface area contributed by atoms with Gasteiger partial charge >= 0.3 is 0 Å². The van der Waals surface area contributed by atoms with Gasteiger partial charge < -0.3 is 0 Å². The average molecular weight is 574 g/mol. The van der Waals surface area contributed by atoms with E-state index in [1.54, 1.807) is 11.8 Å². The van der Waals surface area contributed by atoms with Crippen molar-refractivity contribution in [3.8, 4) is 0 Å². The Morgan fingerprint density at radius 1 is 0.917 bits per heavy atom. The number of benzene rings is 4. The lowest BCUT2D eigenvalue weighted by Crippen LogP contribution is -2.54. The first-order valence-electron chi connectivity index (χ1n) is 11.8. The second-order valence-corrected chi connectivity index (χ2v) is 11.5. The van der Waals surface area contributed by atoms with Crippen molar-refractivity contribution in [2.24, 2.45) is 5.10 Å². The van der Waals surface area contributed by atoms with Crippen LogP contribution in [0.3, 0.4) is 0 Å². The number of hydrogen-bond donors (Lipinski definition) is 0. The smallest absolute Gasteiger partial charge is 0.192 e. The number of hydrazone groups is 1. The van der Waals surface area contributed by atoms with E-state index in [0.717, 1.165) is 43.2 Å². The van der Waals surface area contributed by atoms with Crippen molar-refractivity contribution in [3.05, 3.63) is 129 Å². The monoisotopic (exact) mass is 572 g/mol. The first kappa shape index (κ1) is 23.5. The second-order valence-electron chi connectivity index (χ2n) is 8.98. The number of carbonyl (C=O) groups excluding carboxylic acids is 1. The van der Waals surface area contributed by atoms with Gasteiger partial charge in [-0.05, 0) is 53.9 Å². The molecule has 4 aromatic carbocycles. The van der Waals surface area contributed by atoms with Crippen LogP contribution in [0.15, 0.2) is 118 Å². The summed E-state index contributed by atoms with van der Waals surface area (Å²) in [6.45, 7) is 0. The summed E-state index contributed by atoms with van der Waals surface area (Å²) in [5.41, 5.74) is 3.57. The minimum atomic E-state index is -0.941. The Labute approximate surface area is 228 Å². The Hall–Kier alpha value is -2.86. The van der Waals surface area contributed by atoms with Gasteiger partial charge in [-0.2, -0.15) is 5.10 Å². The fourth-order valence-corrected chi connectivity index (χ4v) is 6.92. The maximum absolute atomic E-state index is 14.8. The largest absolute Gasteiger partial charge is 0.291 e. The van der Waals surface area contributed by atoms with E-state index in [1.807, 2.05) is 83.9 Å². The van der Waals surface area contributed by atoms with Crippen molar-refractivity contribution in [1.82, 2.24) is 0 Å². The van der Waals surface area contributed by atoms with Gasteiger partial charge in [0.25, 0.3) is 0 Å². The molecule has 0 fully saturated rings. The molecule has 3 nitrogen and oxygen atoms in total. The van der Waals surface area contributed by atoms with Crippen molar-refractivity contribution >= 4 is 56.5 Å². The molecule has 0 unspecified atom stereocenters. The molecule has 2 aliphatic heterocycles. The lowest BCUT2D eigenvalue weighted by molar-refractivity contribution is 0.0874. The van der Waals surface area contributed by atoms with E-state index in [4.69, 9.17) is 16.7 Å². The number of rotatable bonds is 3. The molecule has 4 aromatic rings. The molecule has 0 amide bonds. The summed E-state index contributed by atoms with van der Waals surface area (Å²) in [5, 5.41) is 7.81. The van der Waals surface area contributed by atoms with Gasteiger partial charge in [0, 0.05) is 25.7 Å². The molecule has 1 spiro atoms. The Kier molecular flexibility index (Phi) is 6.24. The highest BCUT2D eigenvalue weighted by Gasteiger charge is 2.58. The van der Waals surface area contributed by atoms with E-state index < -0.39 is 5.54 Å². The van der Waals surface area contributed by atoms with Gasteiger partial charge in [-0.25, -0.2) is 0 Å². The van der Waals surface area contributed by atoms with Crippen LogP contribution in [0.2, 0.25) is 5.02 Å². The van der Waals surface area contributed by atoms with Gasteiger partial charge in [-0.15, -0.1) is 11.8 Å². The molecule has 178 valence electrons. The topological polar surface area (TPSA) is 32.7 Å². The molecule has 6 heteroatoms. The highest BCUT2D eigenvalue weighted by atomic mass is 79.9. The number of thioether (sulfide) groups is 1. The zero-order valence-electron chi connectivity index (χ0n) is 19.3. The van der Waals surface area contributed by atoms with Gasteiger partial charge in [0.15, 0.2) is 5.78 Å². The van der Waals surface area contributed by atoms with Crippen LogP contribution in [0.1, 0.15) is 33.8 Å². The molecule has 0 aliphatic carbocycles. The summed E-state index contributed by atoms with van der Waals surface area (Å²) < 4.78 is 0.997. The molecule has 6 rings (SSSR count). The van der Waals surface area contributed by atoms with Gasteiger partial charge in [0.2, 0.25) is 0 Å². The van der Waals surface area contributed by atoms with E-state index in [9.17, 15) is 4.79 Å². The highest BCUT2D eigenvalue weighted by Crippen LogP contribution is 2.51. The van der Waals surface area contributed by atoms with E-state index >= 15 is 0 Å². The number of halogens is 2. The van der Waals surface area contributed by atoms with Gasteiger partial charge in [-0.1, -0.05) is 94.3 Å². The Bertz CT molecular complexity index is 1470. The first-order valence-corrected chi connectivity index (χ1v) is 14.0. The van der Waals surface area contributed by atoms with E-state index in [1.165, 1.54) is 0 Å². The molecule has 2 atom stereocenters. The van der Waals surface area contributed by atoms with Gasteiger partial charge in [0.05, 0.1) is 17.3 Å². The fourth-order valence-electron chi connectivity index (χ4n) is 5.34. The third-order valence-electron chi connectivity index (χ3n) is 6.93. The predicted molar refractivity (Wildman–Crippen MR) is 153 cm³/mol. The second kappa shape index (κ2) is 9.55. The Morgan fingerprint density at radius 2 is 1.67 bits per heavy atom. The normalized spacial score (nSPS) is 21.3. The van der Waals surface area contributed by atoms with Crippen molar-refractivity contribution in [2.75, 3.05) is 10.8 Å². The van der Waals surface area contributed by atoms with Crippen molar-refractivity contribution in [2.45, 2.75) is 22.8 Å². The van der Waals surface area contributed by atoms with E-state index in [0.29, 0.717) is 11.4 Å². The lowest BCUT2D eigenvalue weighted by atomic mass is 9.70. The van der Waals surface area contributed by atoms with Crippen LogP contribution in [-0.4, -0.2) is 22.8 Å². The number of anilines is 1. The van der Waals surface area contributed by atoms with Crippen molar-refractivity contribution < 1.29 is 4.79 Å². The third kappa shape index (κ3) is 3.90. The molecule has 36 heavy (non-hydrogen) atoms. The summed E-state index contributed by atoms with van der Waals surface area (Å²) in [5.74, 6) is 0.613. The molecule has 0 N–H and O–H groups in total. The number of ketones is 1. The molecule has 0 radical (unpaired) electrons. The van der Waals surface area contributed by atoms with E-state index in [2.05, 4.69) is 40.2 Å². The molecule has 0 saturated heterocycles. The van der Waals surface area contributed by atoms with Crippen LogP contribution < -0.4 is 5.01 Å². The quantitative estimate of drug-likeness (QED) is 0.247. The van der Waals surface area contributed by atoms with Crippen LogP contribution >= 0.6 is 39.3 Å².